The third-order valence-corrected chi connectivity index (χ3v) is 5.81. The SMILES string of the molecule is Cc1noc(C)c1COc1cc2ccccc2cc1C(=O)Nc1ccc2c(c1)NC(=O)C(C)O2. The lowest BCUT2D eigenvalue weighted by Crippen LogP contribution is -2.34. The summed E-state index contributed by atoms with van der Waals surface area (Å²) < 4.78 is 16.9. The van der Waals surface area contributed by atoms with E-state index >= 15 is 0 Å². The summed E-state index contributed by atoms with van der Waals surface area (Å²) in [7, 11) is 0. The molecule has 0 aliphatic carbocycles. The van der Waals surface area contributed by atoms with Crippen molar-refractivity contribution in [3.8, 4) is 11.5 Å². The average molecular weight is 457 g/mol. The van der Waals surface area contributed by atoms with Crippen LogP contribution >= 0.6 is 0 Å². The predicted molar refractivity (Wildman–Crippen MR) is 127 cm³/mol. The first-order valence-corrected chi connectivity index (χ1v) is 10.9. The molecule has 2 N–H and O–H groups in total. The molecule has 1 aromatic heterocycles. The number of rotatable bonds is 5. The molecular formula is C26H23N3O5. The number of fused-ring (bicyclic) bond motifs is 2. The number of aryl methyl sites for hydroxylation is 2. The van der Waals surface area contributed by atoms with E-state index in [0.29, 0.717) is 34.2 Å². The fraction of sp³-hybridized carbons (Fsp3) is 0.192. The quantitative estimate of drug-likeness (QED) is 0.437. The van der Waals surface area contributed by atoms with Crippen LogP contribution in [0.2, 0.25) is 0 Å². The summed E-state index contributed by atoms with van der Waals surface area (Å²) in [6.45, 7) is 5.58. The van der Waals surface area contributed by atoms with Gasteiger partial charge in [0.05, 0.1) is 22.5 Å². The van der Waals surface area contributed by atoms with Gasteiger partial charge in [0.25, 0.3) is 11.8 Å². The summed E-state index contributed by atoms with van der Waals surface area (Å²) in [6.07, 6.45) is -0.567. The first-order valence-electron chi connectivity index (χ1n) is 10.9. The molecule has 2 amide bonds. The van der Waals surface area contributed by atoms with Gasteiger partial charge < -0.3 is 24.6 Å². The third kappa shape index (κ3) is 4.05. The van der Waals surface area contributed by atoms with E-state index in [9.17, 15) is 9.59 Å². The Bertz CT molecular complexity index is 1410. The van der Waals surface area contributed by atoms with Gasteiger partial charge in [-0.05, 0) is 61.9 Å². The van der Waals surface area contributed by atoms with E-state index in [1.165, 1.54) is 0 Å². The van der Waals surface area contributed by atoms with Crippen molar-refractivity contribution in [2.45, 2.75) is 33.5 Å². The minimum atomic E-state index is -0.567. The van der Waals surface area contributed by atoms with Crippen molar-refractivity contribution in [3.05, 3.63) is 77.2 Å². The smallest absolute Gasteiger partial charge is 0.265 e. The minimum absolute atomic E-state index is 0.222. The molecule has 8 nitrogen and oxygen atoms in total. The molecule has 0 fully saturated rings. The largest absolute Gasteiger partial charge is 0.488 e. The summed E-state index contributed by atoms with van der Waals surface area (Å²) in [5.41, 5.74) is 3.01. The first-order chi connectivity index (χ1) is 16.4. The van der Waals surface area contributed by atoms with Crippen LogP contribution in [0, 0.1) is 13.8 Å². The lowest BCUT2D eigenvalue weighted by Gasteiger charge is -2.23. The molecular weight excluding hydrogens is 434 g/mol. The zero-order valence-corrected chi connectivity index (χ0v) is 19.0. The molecule has 1 aliphatic heterocycles. The lowest BCUT2D eigenvalue weighted by atomic mass is 10.0. The Balaban J connectivity index is 1.45. The van der Waals surface area contributed by atoms with Gasteiger partial charge >= 0.3 is 0 Å². The maximum atomic E-state index is 13.3. The molecule has 172 valence electrons. The Morgan fingerprint density at radius 3 is 2.62 bits per heavy atom. The molecule has 0 spiro atoms. The highest BCUT2D eigenvalue weighted by molar-refractivity contribution is 6.09. The van der Waals surface area contributed by atoms with Crippen molar-refractivity contribution in [2.75, 3.05) is 10.6 Å². The summed E-state index contributed by atoms with van der Waals surface area (Å²) in [5, 5.41) is 11.5. The number of anilines is 2. The van der Waals surface area contributed by atoms with Crippen molar-refractivity contribution in [1.29, 1.82) is 0 Å². The normalized spacial score (nSPS) is 14.8. The fourth-order valence-corrected chi connectivity index (χ4v) is 3.86. The summed E-state index contributed by atoms with van der Waals surface area (Å²) in [4.78, 5) is 25.3. The van der Waals surface area contributed by atoms with Crippen LogP contribution in [0.5, 0.6) is 11.5 Å². The molecule has 8 heteroatoms. The van der Waals surface area contributed by atoms with Crippen LogP contribution in [0.3, 0.4) is 0 Å². The second-order valence-electron chi connectivity index (χ2n) is 8.20. The van der Waals surface area contributed by atoms with E-state index in [2.05, 4.69) is 15.8 Å². The van der Waals surface area contributed by atoms with Crippen molar-refractivity contribution >= 4 is 34.0 Å². The Morgan fingerprint density at radius 1 is 1.12 bits per heavy atom. The van der Waals surface area contributed by atoms with E-state index < -0.39 is 6.10 Å². The molecule has 0 radical (unpaired) electrons. The van der Waals surface area contributed by atoms with Crippen molar-refractivity contribution in [2.24, 2.45) is 0 Å². The monoisotopic (exact) mass is 457 g/mol. The van der Waals surface area contributed by atoms with Gasteiger partial charge in [0.2, 0.25) is 0 Å². The topological polar surface area (TPSA) is 103 Å². The number of hydrogen-bond donors (Lipinski definition) is 2. The molecule has 34 heavy (non-hydrogen) atoms. The number of aromatic nitrogens is 1. The number of ether oxygens (including phenoxy) is 2. The van der Waals surface area contributed by atoms with Gasteiger partial charge in [0.1, 0.15) is 23.9 Å². The number of hydrogen-bond acceptors (Lipinski definition) is 6. The highest BCUT2D eigenvalue weighted by Gasteiger charge is 2.24. The Morgan fingerprint density at radius 2 is 1.88 bits per heavy atom. The molecule has 0 saturated heterocycles. The van der Waals surface area contributed by atoms with Crippen LogP contribution in [-0.4, -0.2) is 23.1 Å². The zero-order valence-electron chi connectivity index (χ0n) is 19.0. The van der Waals surface area contributed by atoms with E-state index in [1.807, 2.05) is 44.2 Å². The summed E-state index contributed by atoms with van der Waals surface area (Å²) in [6, 6.07) is 16.5. The van der Waals surface area contributed by atoms with Gasteiger partial charge in [-0.25, -0.2) is 0 Å². The predicted octanol–water partition coefficient (Wildman–Crippen LogP) is 5.00. The fourth-order valence-electron chi connectivity index (χ4n) is 3.86. The molecule has 4 aromatic rings. The molecule has 1 aliphatic rings. The van der Waals surface area contributed by atoms with Gasteiger partial charge in [-0.3, -0.25) is 9.59 Å². The molecule has 1 unspecified atom stereocenters. The van der Waals surface area contributed by atoms with Crippen LogP contribution in [0.15, 0.2) is 59.1 Å². The molecule has 0 saturated carbocycles. The number of benzene rings is 3. The summed E-state index contributed by atoms with van der Waals surface area (Å²) >= 11 is 0. The van der Waals surface area contributed by atoms with E-state index in [0.717, 1.165) is 22.0 Å². The highest BCUT2D eigenvalue weighted by atomic mass is 16.5. The average Bonchev–Trinajstić information content (AvgIpc) is 3.15. The number of carbonyl (C=O) groups excluding carboxylic acids is 2. The van der Waals surface area contributed by atoms with E-state index in [-0.39, 0.29) is 18.4 Å². The zero-order chi connectivity index (χ0) is 23.8. The van der Waals surface area contributed by atoms with Crippen molar-refractivity contribution in [1.82, 2.24) is 5.16 Å². The standard InChI is InChI=1S/C26H23N3O5/c1-14-21(15(2)34-29-14)13-32-24-11-18-7-5-4-6-17(18)10-20(24)26(31)27-19-8-9-23-22(12-19)28-25(30)16(3)33-23/h4-12,16H,13H2,1-3H3,(H,27,31)(H,28,30). The van der Waals surface area contributed by atoms with Gasteiger partial charge in [-0.2, -0.15) is 0 Å². The van der Waals surface area contributed by atoms with Gasteiger partial charge in [0.15, 0.2) is 6.10 Å². The molecule has 3 aromatic carbocycles. The Kier molecular flexibility index (Phi) is 5.41. The number of nitrogens with zero attached hydrogens (tertiary/aromatic N) is 1. The van der Waals surface area contributed by atoms with Crippen LogP contribution < -0.4 is 20.1 Å². The molecule has 1 atom stereocenters. The van der Waals surface area contributed by atoms with E-state index in [4.69, 9.17) is 14.0 Å². The Labute approximate surface area is 195 Å². The van der Waals surface area contributed by atoms with Crippen molar-refractivity contribution < 1.29 is 23.6 Å². The van der Waals surface area contributed by atoms with Gasteiger partial charge in [-0.15, -0.1) is 0 Å². The molecule has 5 rings (SSSR count). The molecule has 2 heterocycles. The maximum Gasteiger partial charge on any atom is 0.265 e. The summed E-state index contributed by atoms with van der Waals surface area (Å²) in [5.74, 6) is 1.10. The second kappa shape index (κ2) is 8.55. The number of nitrogens with one attached hydrogen (secondary N) is 2. The minimum Gasteiger partial charge on any atom is -0.488 e. The highest BCUT2D eigenvalue weighted by Crippen LogP contribution is 2.33. The second-order valence-corrected chi connectivity index (χ2v) is 8.20. The molecule has 0 bridgehead atoms. The van der Waals surface area contributed by atoms with Crippen LogP contribution in [0.25, 0.3) is 10.8 Å². The number of carbonyl (C=O) groups is 2. The van der Waals surface area contributed by atoms with Crippen molar-refractivity contribution in [3.63, 3.8) is 0 Å². The van der Waals surface area contributed by atoms with Gasteiger partial charge in [0, 0.05) is 5.69 Å². The van der Waals surface area contributed by atoms with Crippen LogP contribution in [-0.2, 0) is 11.4 Å². The van der Waals surface area contributed by atoms with Crippen LogP contribution in [0.4, 0.5) is 11.4 Å². The van der Waals surface area contributed by atoms with Crippen LogP contribution in [0.1, 0.15) is 34.3 Å². The number of amides is 2. The lowest BCUT2D eigenvalue weighted by molar-refractivity contribution is -0.122. The van der Waals surface area contributed by atoms with Gasteiger partial charge in [-0.1, -0.05) is 29.4 Å². The first kappa shape index (κ1) is 21.5. The Hall–Kier alpha value is -4.33. The van der Waals surface area contributed by atoms with E-state index in [1.54, 1.807) is 31.2 Å². The third-order valence-electron chi connectivity index (χ3n) is 5.81. The maximum absolute atomic E-state index is 13.3.